The first-order valence-electron chi connectivity index (χ1n) is 7.99. The SMILES string of the molecule is CC(O)CNc1cc(NCC(=O)N2CCc3ccccc32)ncn1. The second-order valence-electron chi connectivity index (χ2n) is 5.80. The molecule has 3 rings (SSSR count). The molecule has 1 aliphatic rings. The average Bonchev–Trinajstić information content (AvgIpc) is 3.02. The van der Waals surface area contributed by atoms with Crippen molar-refractivity contribution in [2.75, 3.05) is 35.2 Å². The Bertz CT molecular complexity index is 720. The van der Waals surface area contributed by atoms with Gasteiger partial charge >= 0.3 is 0 Å². The van der Waals surface area contributed by atoms with Gasteiger partial charge in [-0.15, -0.1) is 0 Å². The number of para-hydroxylation sites is 1. The first-order valence-corrected chi connectivity index (χ1v) is 7.99. The molecule has 2 aromatic rings. The van der Waals surface area contributed by atoms with Gasteiger partial charge in [0.15, 0.2) is 0 Å². The zero-order valence-corrected chi connectivity index (χ0v) is 13.6. The molecular formula is C17H21N5O2. The van der Waals surface area contributed by atoms with Gasteiger partial charge in [0.2, 0.25) is 5.91 Å². The zero-order chi connectivity index (χ0) is 16.9. The molecule has 3 N–H and O–H groups in total. The predicted octanol–water partition coefficient (Wildman–Crippen LogP) is 1.27. The Morgan fingerprint density at radius 1 is 1.29 bits per heavy atom. The molecule has 126 valence electrons. The summed E-state index contributed by atoms with van der Waals surface area (Å²) in [6.07, 6.45) is 1.85. The van der Waals surface area contributed by atoms with E-state index >= 15 is 0 Å². The Labute approximate surface area is 140 Å². The number of amides is 1. The minimum absolute atomic E-state index is 0.0112. The molecule has 1 aromatic heterocycles. The van der Waals surface area contributed by atoms with Crippen molar-refractivity contribution >= 4 is 23.2 Å². The lowest BCUT2D eigenvalue weighted by Gasteiger charge is -2.18. The third-order valence-electron chi connectivity index (χ3n) is 3.85. The molecular weight excluding hydrogens is 306 g/mol. The highest BCUT2D eigenvalue weighted by molar-refractivity contribution is 5.97. The molecule has 1 aromatic carbocycles. The number of fused-ring (bicyclic) bond motifs is 1. The van der Waals surface area contributed by atoms with Crippen molar-refractivity contribution in [1.29, 1.82) is 0 Å². The number of hydrogen-bond acceptors (Lipinski definition) is 6. The van der Waals surface area contributed by atoms with Crippen LogP contribution in [0.25, 0.3) is 0 Å². The summed E-state index contributed by atoms with van der Waals surface area (Å²) in [7, 11) is 0. The van der Waals surface area contributed by atoms with Gasteiger partial charge in [-0.2, -0.15) is 0 Å². The van der Waals surface area contributed by atoms with E-state index in [2.05, 4.69) is 26.7 Å². The number of carbonyl (C=O) groups is 1. The van der Waals surface area contributed by atoms with E-state index in [1.807, 2.05) is 18.2 Å². The molecule has 0 spiro atoms. The Morgan fingerprint density at radius 3 is 2.83 bits per heavy atom. The maximum Gasteiger partial charge on any atom is 0.246 e. The van der Waals surface area contributed by atoms with Crippen LogP contribution in [0.5, 0.6) is 0 Å². The van der Waals surface area contributed by atoms with E-state index < -0.39 is 6.10 Å². The average molecular weight is 327 g/mol. The van der Waals surface area contributed by atoms with Crippen LogP contribution in [-0.4, -0.2) is 46.7 Å². The van der Waals surface area contributed by atoms with Gasteiger partial charge < -0.3 is 20.6 Å². The lowest BCUT2D eigenvalue weighted by Crippen LogP contribution is -2.34. The molecule has 1 atom stereocenters. The minimum atomic E-state index is -0.465. The molecule has 7 heteroatoms. The zero-order valence-electron chi connectivity index (χ0n) is 13.6. The van der Waals surface area contributed by atoms with E-state index in [9.17, 15) is 9.90 Å². The van der Waals surface area contributed by atoms with E-state index in [1.54, 1.807) is 17.9 Å². The Balaban J connectivity index is 1.58. The summed E-state index contributed by atoms with van der Waals surface area (Å²) in [6.45, 7) is 2.98. The highest BCUT2D eigenvalue weighted by atomic mass is 16.3. The standard InChI is InChI=1S/C17H21N5O2/c1-12(23)9-18-15-8-16(21-11-20-15)19-10-17(24)22-7-6-13-4-2-3-5-14(13)22/h2-5,8,11-12,23H,6-7,9-10H2,1H3,(H2,18,19,20,21). The molecule has 2 heterocycles. The quantitative estimate of drug-likeness (QED) is 0.740. The smallest absolute Gasteiger partial charge is 0.246 e. The molecule has 1 unspecified atom stereocenters. The predicted molar refractivity (Wildman–Crippen MR) is 93.2 cm³/mol. The fraction of sp³-hybridized carbons (Fsp3) is 0.353. The maximum atomic E-state index is 12.5. The Morgan fingerprint density at radius 2 is 2.04 bits per heavy atom. The number of aliphatic hydroxyl groups excluding tert-OH is 1. The summed E-state index contributed by atoms with van der Waals surface area (Å²) in [5, 5.41) is 15.3. The number of aliphatic hydroxyl groups is 1. The van der Waals surface area contributed by atoms with E-state index in [4.69, 9.17) is 0 Å². The fourth-order valence-corrected chi connectivity index (χ4v) is 2.66. The van der Waals surface area contributed by atoms with Crippen LogP contribution in [0.4, 0.5) is 17.3 Å². The van der Waals surface area contributed by atoms with Crippen molar-refractivity contribution in [3.05, 3.63) is 42.2 Å². The summed E-state index contributed by atoms with van der Waals surface area (Å²) < 4.78 is 0. The van der Waals surface area contributed by atoms with Gasteiger partial charge in [-0.25, -0.2) is 9.97 Å². The molecule has 0 saturated carbocycles. The highest BCUT2D eigenvalue weighted by Gasteiger charge is 2.23. The van der Waals surface area contributed by atoms with Crippen LogP contribution in [0.2, 0.25) is 0 Å². The highest BCUT2D eigenvalue weighted by Crippen LogP contribution is 2.27. The summed E-state index contributed by atoms with van der Waals surface area (Å²) in [5.74, 6) is 1.18. The number of nitrogens with zero attached hydrogens (tertiary/aromatic N) is 3. The van der Waals surface area contributed by atoms with Crippen molar-refractivity contribution in [1.82, 2.24) is 9.97 Å². The van der Waals surface area contributed by atoms with Crippen LogP contribution < -0.4 is 15.5 Å². The van der Waals surface area contributed by atoms with E-state index in [1.165, 1.54) is 11.9 Å². The minimum Gasteiger partial charge on any atom is -0.392 e. The van der Waals surface area contributed by atoms with Crippen molar-refractivity contribution in [3.8, 4) is 0 Å². The van der Waals surface area contributed by atoms with Gasteiger partial charge in [-0.1, -0.05) is 18.2 Å². The van der Waals surface area contributed by atoms with Gasteiger partial charge in [0, 0.05) is 24.8 Å². The van der Waals surface area contributed by atoms with Crippen molar-refractivity contribution < 1.29 is 9.90 Å². The number of carbonyl (C=O) groups excluding carboxylic acids is 1. The maximum absolute atomic E-state index is 12.5. The van der Waals surface area contributed by atoms with Crippen LogP contribution >= 0.6 is 0 Å². The van der Waals surface area contributed by atoms with Gasteiger partial charge in [0.25, 0.3) is 0 Å². The molecule has 0 fully saturated rings. The van der Waals surface area contributed by atoms with Gasteiger partial charge in [-0.05, 0) is 25.0 Å². The lowest BCUT2D eigenvalue weighted by atomic mass is 10.2. The number of rotatable bonds is 6. The van der Waals surface area contributed by atoms with E-state index in [0.717, 1.165) is 12.1 Å². The topological polar surface area (TPSA) is 90.4 Å². The number of hydrogen-bond donors (Lipinski definition) is 3. The third-order valence-corrected chi connectivity index (χ3v) is 3.85. The fourth-order valence-electron chi connectivity index (χ4n) is 2.66. The molecule has 7 nitrogen and oxygen atoms in total. The van der Waals surface area contributed by atoms with Gasteiger partial charge in [-0.3, -0.25) is 4.79 Å². The summed E-state index contributed by atoms with van der Waals surface area (Å²) in [5.41, 5.74) is 2.20. The molecule has 0 saturated heterocycles. The summed E-state index contributed by atoms with van der Waals surface area (Å²) in [4.78, 5) is 22.4. The molecule has 0 radical (unpaired) electrons. The molecule has 0 aliphatic carbocycles. The molecule has 1 aliphatic heterocycles. The Hall–Kier alpha value is -2.67. The van der Waals surface area contributed by atoms with Crippen LogP contribution in [-0.2, 0) is 11.2 Å². The third kappa shape index (κ3) is 3.80. The number of aromatic nitrogens is 2. The van der Waals surface area contributed by atoms with Crippen molar-refractivity contribution in [3.63, 3.8) is 0 Å². The molecule has 0 bridgehead atoms. The second-order valence-corrected chi connectivity index (χ2v) is 5.80. The largest absolute Gasteiger partial charge is 0.392 e. The number of nitrogens with one attached hydrogen (secondary N) is 2. The van der Waals surface area contributed by atoms with Crippen LogP contribution in [0.3, 0.4) is 0 Å². The van der Waals surface area contributed by atoms with Crippen LogP contribution in [0.1, 0.15) is 12.5 Å². The summed E-state index contributed by atoms with van der Waals surface area (Å²) in [6, 6.07) is 9.69. The summed E-state index contributed by atoms with van der Waals surface area (Å²) >= 11 is 0. The Kier molecular flexibility index (Phi) is 4.90. The van der Waals surface area contributed by atoms with Gasteiger partial charge in [0.05, 0.1) is 12.6 Å². The van der Waals surface area contributed by atoms with Crippen molar-refractivity contribution in [2.45, 2.75) is 19.4 Å². The first-order chi connectivity index (χ1) is 11.6. The van der Waals surface area contributed by atoms with Gasteiger partial charge in [0.1, 0.15) is 18.0 Å². The molecule has 24 heavy (non-hydrogen) atoms. The number of anilines is 3. The second kappa shape index (κ2) is 7.27. The normalized spacial score (nSPS) is 14.2. The van der Waals surface area contributed by atoms with E-state index in [-0.39, 0.29) is 12.5 Å². The first kappa shape index (κ1) is 16.2. The van der Waals surface area contributed by atoms with Crippen LogP contribution in [0, 0.1) is 0 Å². The number of benzene rings is 1. The monoisotopic (exact) mass is 327 g/mol. The van der Waals surface area contributed by atoms with Crippen molar-refractivity contribution in [2.24, 2.45) is 0 Å². The van der Waals surface area contributed by atoms with Crippen LogP contribution in [0.15, 0.2) is 36.7 Å². The molecule has 1 amide bonds. The lowest BCUT2D eigenvalue weighted by molar-refractivity contribution is -0.116. The van der Waals surface area contributed by atoms with E-state index in [0.29, 0.717) is 24.7 Å².